The molecule has 24 heavy (non-hydrogen) atoms. The summed E-state index contributed by atoms with van der Waals surface area (Å²) in [5.41, 5.74) is 2.66. The second kappa shape index (κ2) is 7.21. The van der Waals surface area contributed by atoms with Gasteiger partial charge in [0.05, 0.1) is 10.0 Å². The fourth-order valence-electron chi connectivity index (χ4n) is 1.92. The van der Waals surface area contributed by atoms with Gasteiger partial charge in [-0.05, 0) is 18.2 Å². The van der Waals surface area contributed by atoms with Gasteiger partial charge in [-0.15, -0.1) is 10.2 Å². The Kier molecular flexibility index (Phi) is 5.04. The van der Waals surface area contributed by atoms with Crippen molar-refractivity contribution in [2.45, 2.75) is 0 Å². The molecule has 0 radical (unpaired) electrons. The summed E-state index contributed by atoms with van der Waals surface area (Å²) in [7, 11) is 2.02. The molecule has 0 aliphatic heterocycles. The molecule has 0 bridgehead atoms. The van der Waals surface area contributed by atoms with Crippen molar-refractivity contribution in [1.29, 1.82) is 0 Å². The predicted octanol–water partition coefficient (Wildman–Crippen LogP) is 3.41. The summed E-state index contributed by atoms with van der Waals surface area (Å²) in [6.07, 6.45) is 0. The molecule has 3 rings (SSSR count). The van der Waals surface area contributed by atoms with Crippen molar-refractivity contribution in [2.24, 2.45) is 0 Å². The van der Waals surface area contributed by atoms with Crippen LogP contribution in [0.2, 0.25) is 10.0 Å². The van der Waals surface area contributed by atoms with Crippen molar-refractivity contribution in [2.75, 3.05) is 10.6 Å². The van der Waals surface area contributed by atoms with Gasteiger partial charge in [-0.2, -0.15) is 0 Å². The number of nitrogens with zero attached hydrogens (tertiary/aromatic N) is 2. The van der Waals surface area contributed by atoms with E-state index in [0.29, 0.717) is 20.9 Å². The molecule has 3 aromatic rings. The third-order valence-electron chi connectivity index (χ3n) is 3.12. The molecule has 2 amide bonds. The van der Waals surface area contributed by atoms with Crippen LogP contribution in [0.5, 0.6) is 0 Å². The van der Waals surface area contributed by atoms with E-state index in [2.05, 4.69) is 20.8 Å². The van der Waals surface area contributed by atoms with Crippen LogP contribution in [0.25, 0.3) is 10.6 Å². The Morgan fingerprint density at radius 2 is 1.75 bits per heavy atom. The number of benzene rings is 2. The molecule has 2 N–H and O–H groups in total. The Morgan fingerprint density at radius 1 is 1.00 bits per heavy atom. The van der Waals surface area contributed by atoms with Gasteiger partial charge in [-0.25, -0.2) is 4.79 Å². The summed E-state index contributed by atoms with van der Waals surface area (Å²) in [4.78, 5) is 12.0. The molecule has 1 aromatic heterocycles. The zero-order valence-corrected chi connectivity index (χ0v) is 14.8. The van der Waals surface area contributed by atoms with Gasteiger partial charge in [0.2, 0.25) is 5.13 Å². The van der Waals surface area contributed by atoms with Gasteiger partial charge in [0.25, 0.3) is 0 Å². The molecule has 0 saturated heterocycles. The van der Waals surface area contributed by atoms with Crippen LogP contribution in [0.3, 0.4) is 0 Å². The zero-order chi connectivity index (χ0) is 17.1. The molecule has 0 aliphatic carbocycles. The molecule has 0 aliphatic rings. The number of urea groups is 1. The number of carbonyl (C=O) groups excluding carboxylic acids is 1. The average molecular weight is 377 g/mol. The van der Waals surface area contributed by atoms with Crippen LogP contribution in [-0.4, -0.2) is 24.1 Å². The number of nitrogens with one attached hydrogen (secondary N) is 2. The highest BCUT2D eigenvalue weighted by Gasteiger charge is 2.10. The smallest absolute Gasteiger partial charge is 0.308 e. The Morgan fingerprint density at radius 3 is 2.46 bits per heavy atom. The van der Waals surface area contributed by atoms with Crippen LogP contribution in [0.15, 0.2) is 42.5 Å². The van der Waals surface area contributed by atoms with Crippen LogP contribution >= 0.6 is 34.5 Å². The molecule has 0 fully saturated rings. The maximum absolute atomic E-state index is 12.0. The first-order chi connectivity index (χ1) is 11.5. The van der Waals surface area contributed by atoms with Gasteiger partial charge >= 0.3 is 6.03 Å². The first-order valence-corrected chi connectivity index (χ1v) is 8.52. The van der Waals surface area contributed by atoms with Crippen LogP contribution in [0.4, 0.5) is 15.6 Å². The van der Waals surface area contributed by atoms with E-state index in [1.165, 1.54) is 16.8 Å². The van der Waals surface area contributed by atoms with Gasteiger partial charge in [0.15, 0.2) is 0 Å². The lowest BCUT2D eigenvalue weighted by Gasteiger charge is -2.06. The maximum Gasteiger partial charge on any atom is 0.325 e. The lowest BCUT2D eigenvalue weighted by atomic mass is 9.95. The fraction of sp³-hybridized carbons (Fsp3) is 0. The molecule has 0 unspecified atom stereocenters. The van der Waals surface area contributed by atoms with Crippen LogP contribution in [0.1, 0.15) is 0 Å². The Labute approximate surface area is 153 Å². The van der Waals surface area contributed by atoms with Crippen molar-refractivity contribution in [1.82, 2.24) is 10.2 Å². The molecule has 0 atom stereocenters. The van der Waals surface area contributed by atoms with Gasteiger partial charge in [0.1, 0.15) is 12.9 Å². The van der Waals surface area contributed by atoms with Gasteiger partial charge in [0, 0.05) is 11.3 Å². The van der Waals surface area contributed by atoms with E-state index >= 15 is 0 Å². The number of rotatable bonds is 3. The Balaban J connectivity index is 1.66. The normalized spacial score (nSPS) is 10.4. The number of carbonyl (C=O) groups is 1. The van der Waals surface area contributed by atoms with Crippen molar-refractivity contribution in [3.8, 4) is 10.6 Å². The largest absolute Gasteiger partial charge is 0.325 e. The number of anilines is 2. The molecule has 1 heterocycles. The molecule has 5 nitrogen and oxygen atoms in total. The lowest BCUT2D eigenvalue weighted by Crippen LogP contribution is -2.19. The predicted molar refractivity (Wildman–Crippen MR) is 103 cm³/mol. The number of hydrogen-bond acceptors (Lipinski definition) is 4. The summed E-state index contributed by atoms with van der Waals surface area (Å²) >= 11 is 13.1. The first-order valence-electron chi connectivity index (χ1n) is 6.95. The SMILES string of the molecule is Bc1ccc(-c2nnc(NC(=O)Nc3ccc(Cl)c(Cl)c3)s2)cc1. The minimum Gasteiger partial charge on any atom is -0.308 e. The topological polar surface area (TPSA) is 66.9 Å². The molecule has 0 saturated carbocycles. The molecule has 2 aromatic carbocycles. The fourth-order valence-corrected chi connectivity index (χ4v) is 2.96. The number of hydrogen-bond donors (Lipinski definition) is 2. The van der Waals surface area contributed by atoms with Gasteiger partial charge < -0.3 is 5.32 Å². The first kappa shape index (κ1) is 16.8. The van der Waals surface area contributed by atoms with E-state index in [-0.39, 0.29) is 0 Å². The summed E-state index contributed by atoms with van der Waals surface area (Å²) in [5, 5.41) is 15.3. The standard InChI is InChI=1S/C15H11BCl2N4OS/c16-9-3-1-8(2-4-9)13-21-22-15(24-13)20-14(23)19-10-5-6-11(17)12(18)7-10/h1-7H,16H2,(H2,19,20,22,23). The molecule has 9 heteroatoms. The van der Waals surface area contributed by atoms with Gasteiger partial charge in [-0.3, -0.25) is 5.32 Å². The molecule has 0 spiro atoms. The van der Waals surface area contributed by atoms with E-state index in [0.717, 1.165) is 10.6 Å². The summed E-state index contributed by atoms with van der Waals surface area (Å²) in [5.74, 6) is 0. The third kappa shape index (κ3) is 4.06. The number of halogens is 2. The van der Waals surface area contributed by atoms with E-state index in [1.807, 2.05) is 32.1 Å². The summed E-state index contributed by atoms with van der Waals surface area (Å²) < 4.78 is 0. The van der Waals surface area contributed by atoms with Crippen LogP contribution in [0, 0.1) is 0 Å². The van der Waals surface area contributed by atoms with E-state index in [4.69, 9.17) is 23.2 Å². The highest BCUT2D eigenvalue weighted by Crippen LogP contribution is 2.27. The number of aromatic nitrogens is 2. The molecular formula is C15H11BCl2N4OS. The lowest BCUT2D eigenvalue weighted by molar-refractivity contribution is 0.262. The van der Waals surface area contributed by atoms with Crippen molar-refractivity contribution in [3.05, 3.63) is 52.5 Å². The minimum atomic E-state index is -0.431. The Bertz CT molecular complexity index is 885. The summed E-state index contributed by atoms with van der Waals surface area (Å²) in [6, 6.07) is 12.3. The molecular weight excluding hydrogens is 366 g/mol. The van der Waals surface area contributed by atoms with E-state index in [9.17, 15) is 4.79 Å². The van der Waals surface area contributed by atoms with Crippen LogP contribution in [-0.2, 0) is 0 Å². The van der Waals surface area contributed by atoms with E-state index < -0.39 is 6.03 Å². The Hall–Kier alpha value is -2.09. The minimum absolute atomic E-state index is 0.368. The molecule has 120 valence electrons. The second-order valence-corrected chi connectivity index (χ2v) is 6.78. The van der Waals surface area contributed by atoms with Crippen molar-refractivity contribution >= 4 is 64.7 Å². The third-order valence-corrected chi connectivity index (χ3v) is 4.75. The average Bonchev–Trinajstić information content (AvgIpc) is 3.00. The van der Waals surface area contributed by atoms with Gasteiger partial charge in [-0.1, -0.05) is 64.3 Å². The number of amides is 2. The quantitative estimate of drug-likeness (QED) is 0.688. The van der Waals surface area contributed by atoms with Crippen LogP contribution < -0.4 is 16.1 Å². The zero-order valence-electron chi connectivity index (χ0n) is 12.5. The second-order valence-electron chi connectivity index (χ2n) is 4.99. The van der Waals surface area contributed by atoms with E-state index in [1.54, 1.807) is 18.2 Å². The monoisotopic (exact) mass is 376 g/mol. The highest BCUT2D eigenvalue weighted by molar-refractivity contribution is 7.18. The van der Waals surface area contributed by atoms with Crippen molar-refractivity contribution < 1.29 is 4.79 Å². The summed E-state index contributed by atoms with van der Waals surface area (Å²) in [6.45, 7) is 0. The maximum atomic E-state index is 12.0. The highest BCUT2D eigenvalue weighted by atomic mass is 35.5. The van der Waals surface area contributed by atoms with Crippen molar-refractivity contribution in [3.63, 3.8) is 0 Å².